The molecule has 0 aliphatic rings. The highest BCUT2D eigenvalue weighted by atomic mass is 31.2. The van der Waals surface area contributed by atoms with Gasteiger partial charge in [-0.25, -0.2) is 0 Å². The molecule has 0 spiro atoms. The molecule has 4 rings (SSSR count). The van der Waals surface area contributed by atoms with Gasteiger partial charge in [0.25, 0.3) is 0 Å². The Morgan fingerprint density at radius 3 is 1.11 bits per heavy atom. The summed E-state index contributed by atoms with van der Waals surface area (Å²) in [4.78, 5) is 0. The van der Waals surface area contributed by atoms with E-state index in [0.29, 0.717) is 0 Å². The molecule has 0 aliphatic carbocycles. The van der Waals surface area contributed by atoms with Gasteiger partial charge in [0.15, 0.2) is 5.85 Å². The van der Waals surface area contributed by atoms with Crippen LogP contribution in [-0.2, 0) is 13.6 Å². The second-order valence-electron chi connectivity index (χ2n) is 9.26. The normalized spacial score (nSPS) is 12.8. The minimum atomic E-state index is -4.08. The Labute approximate surface area is 214 Å². The lowest BCUT2D eigenvalue weighted by atomic mass is 10.0. The Balaban J connectivity index is 1.78. The van der Waals surface area contributed by atoms with Crippen LogP contribution in [0.2, 0.25) is 0 Å². The van der Waals surface area contributed by atoms with Gasteiger partial charge in [0, 0.05) is 0 Å². The van der Waals surface area contributed by atoms with E-state index in [2.05, 4.69) is 0 Å². The zero-order valence-corrected chi connectivity index (χ0v) is 21.6. The lowest BCUT2D eigenvalue weighted by Crippen LogP contribution is -2.20. The molecule has 1 atom stereocenters. The summed E-state index contributed by atoms with van der Waals surface area (Å²) < 4.78 is 27.5. The first-order valence-corrected chi connectivity index (χ1v) is 13.9. The molecule has 0 saturated carbocycles. The quantitative estimate of drug-likeness (QED) is 0.211. The van der Waals surface area contributed by atoms with Gasteiger partial charge in [-0.15, -0.1) is 0 Å². The van der Waals surface area contributed by atoms with Crippen LogP contribution in [0.5, 0.6) is 0 Å². The van der Waals surface area contributed by atoms with E-state index >= 15 is 0 Å². The molecule has 5 heteroatoms. The van der Waals surface area contributed by atoms with Crippen LogP contribution in [0.25, 0.3) is 0 Å². The van der Waals surface area contributed by atoms with Gasteiger partial charge in [-0.05, 0) is 34.6 Å². The Hall–Kier alpha value is -3.01. The van der Waals surface area contributed by atoms with Crippen molar-refractivity contribution in [2.75, 3.05) is 0 Å². The number of aliphatic hydroxyl groups is 1. The Morgan fingerprint density at radius 1 is 0.583 bits per heavy atom. The molecule has 0 amide bonds. The van der Waals surface area contributed by atoms with E-state index in [-0.39, 0.29) is 12.3 Å². The van der Waals surface area contributed by atoms with Crippen molar-refractivity contribution in [1.29, 1.82) is 0 Å². The molecule has 0 saturated heterocycles. The molecule has 0 aromatic heterocycles. The van der Waals surface area contributed by atoms with E-state index in [1.165, 1.54) is 0 Å². The zero-order valence-electron chi connectivity index (χ0n) is 20.7. The maximum Gasteiger partial charge on any atom is 0.360 e. The van der Waals surface area contributed by atoms with Gasteiger partial charge in [-0.1, -0.05) is 135 Å². The lowest BCUT2D eigenvalue weighted by molar-refractivity contribution is 0.0948. The van der Waals surface area contributed by atoms with E-state index in [1.54, 1.807) is 0 Å². The maximum absolute atomic E-state index is 14.7. The van der Waals surface area contributed by atoms with Crippen molar-refractivity contribution in [3.05, 3.63) is 144 Å². The fourth-order valence-electron chi connectivity index (χ4n) is 4.15. The van der Waals surface area contributed by atoms with E-state index < -0.39 is 25.6 Å². The summed E-state index contributed by atoms with van der Waals surface area (Å²) in [5, 5.41) is 11.3. The summed E-state index contributed by atoms with van der Waals surface area (Å²) in [5.74, 6) is -1.19. The van der Waals surface area contributed by atoms with Crippen molar-refractivity contribution in [3.63, 3.8) is 0 Å². The van der Waals surface area contributed by atoms with E-state index in [9.17, 15) is 9.67 Å². The third kappa shape index (κ3) is 6.60. The number of rotatable bonds is 11. The smallest absolute Gasteiger partial charge is 0.360 e. The molecule has 0 heterocycles. The molecule has 186 valence electrons. The average Bonchev–Trinajstić information content (AvgIpc) is 2.92. The Morgan fingerprint density at radius 2 is 0.861 bits per heavy atom. The highest BCUT2D eigenvalue weighted by molar-refractivity contribution is 7.54. The molecular formula is C31H33O4P. The molecule has 4 nitrogen and oxygen atoms in total. The summed E-state index contributed by atoms with van der Waals surface area (Å²) >= 11 is 0. The van der Waals surface area contributed by atoms with Crippen LogP contribution in [0.3, 0.4) is 0 Å². The van der Waals surface area contributed by atoms with Crippen LogP contribution in [0.15, 0.2) is 121 Å². The van der Waals surface area contributed by atoms with Crippen molar-refractivity contribution in [1.82, 2.24) is 0 Å². The first-order chi connectivity index (χ1) is 17.5. The van der Waals surface area contributed by atoms with Crippen molar-refractivity contribution < 1.29 is 18.7 Å². The summed E-state index contributed by atoms with van der Waals surface area (Å²) in [6.07, 6.45) is -1.07. The van der Waals surface area contributed by atoms with Crippen molar-refractivity contribution in [2.24, 2.45) is 5.92 Å². The molecule has 1 unspecified atom stereocenters. The van der Waals surface area contributed by atoms with E-state index in [4.69, 9.17) is 9.05 Å². The predicted octanol–water partition coefficient (Wildman–Crippen LogP) is 8.16. The van der Waals surface area contributed by atoms with Gasteiger partial charge in [0.2, 0.25) is 0 Å². The van der Waals surface area contributed by atoms with E-state index in [0.717, 1.165) is 22.3 Å². The molecule has 0 bridgehead atoms. The molecular weight excluding hydrogens is 467 g/mol. The summed E-state index contributed by atoms with van der Waals surface area (Å²) in [7, 11) is -4.08. The molecule has 0 aliphatic heterocycles. The largest absolute Gasteiger partial charge is 0.380 e. The summed E-state index contributed by atoms with van der Waals surface area (Å²) in [5.41, 5.74) is 3.33. The van der Waals surface area contributed by atoms with Crippen molar-refractivity contribution in [2.45, 2.75) is 38.3 Å². The lowest BCUT2D eigenvalue weighted by Gasteiger charge is -2.32. The monoisotopic (exact) mass is 500 g/mol. The second-order valence-corrected chi connectivity index (χ2v) is 11.4. The molecule has 1 N–H and O–H groups in total. The Kier molecular flexibility index (Phi) is 8.90. The molecule has 0 fully saturated rings. The highest BCUT2D eigenvalue weighted by Crippen LogP contribution is 2.61. The van der Waals surface area contributed by atoms with Crippen LogP contribution < -0.4 is 0 Å². The molecule has 4 aromatic carbocycles. The number of hydrogen-bond donors (Lipinski definition) is 1. The number of aliphatic hydroxyl groups excluding tert-OH is 1. The molecule has 0 radical (unpaired) electrons. The Bertz CT molecular complexity index is 1060. The van der Waals surface area contributed by atoms with Crippen LogP contribution in [0.4, 0.5) is 0 Å². The fourth-order valence-corrected chi connectivity index (χ4v) is 6.23. The standard InChI is InChI=1S/C31H33O4P/c1-24(2)23-29(32)36(33,34-30(25-15-7-3-8-16-25)26-17-9-4-10-18-26)35-31(27-19-11-5-12-20-27)28-21-13-6-14-22-28/h3-22,24,29-32H,23H2,1-2H3. The van der Waals surface area contributed by atoms with Gasteiger partial charge in [0.05, 0.1) is 0 Å². The van der Waals surface area contributed by atoms with Crippen molar-refractivity contribution >= 4 is 7.60 Å². The van der Waals surface area contributed by atoms with Crippen LogP contribution in [0.1, 0.15) is 54.7 Å². The van der Waals surface area contributed by atoms with Gasteiger partial charge < -0.3 is 5.11 Å². The zero-order chi connectivity index (χ0) is 25.4. The minimum absolute atomic E-state index is 0.0966. The molecule has 36 heavy (non-hydrogen) atoms. The van der Waals surface area contributed by atoms with Gasteiger partial charge in [-0.2, -0.15) is 0 Å². The van der Waals surface area contributed by atoms with Crippen LogP contribution >= 0.6 is 7.60 Å². The number of hydrogen-bond acceptors (Lipinski definition) is 4. The SMILES string of the molecule is CC(C)CC(O)P(=O)(OC(c1ccccc1)c1ccccc1)OC(c1ccccc1)c1ccccc1. The first-order valence-electron chi connectivity index (χ1n) is 12.3. The fraction of sp³-hybridized carbons (Fsp3) is 0.226. The van der Waals surface area contributed by atoms with Gasteiger partial charge >= 0.3 is 7.60 Å². The third-order valence-corrected chi connectivity index (χ3v) is 7.91. The van der Waals surface area contributed by atoms with Gasteiger partial charge in [0.1, 0.15) is 12.2 Å². The second kappa shape index (κ2) is 12.3. The number of benzene rings is 4. The first kappa shape index (κ1) is 26.1. The van der Waals surface area contributed by atoms with Gasteiger partial charge in [-0.3, -0.25) is 13.6 Å². The topological polar surface area (TPSA) is 55.8 Å². The van der Waals surface area contributed by atoms with Crippen LogP contribution in [-0.4, -0.2) is 11.0 Å². The van der Waals surface area contributed by atoms with Crippen molar-refractivity contribution in [3.8, 4) is 0 Å². The van der Waals surface area contributed by atoms with E-state index in [1.807, 2.05) is 135 Å². The predicted molar refractivity (Wildman–Crippen MR) is 145 cm³/mol. The highest BCUT2D eigenvalue weighted by Gasteiger charge is 2.41. The minimum Gasteiger partial charge on any atom is -0.380 e. The summed E-state index contributed by atoms with van der Waals surface area (Å²) in [6.45, 7) is 3.95. The average molecular weight is 501 g/mol. The van der Waals surface area contributed by atoms with Crippen LogP contribution in [0, 0.1) is 5.92 Å². The third-order valence-electron chi connectivity index (χ3n) is 5.96. The summed E-state index contributed by atoms with van der Waals surface area (Å²) in [6, 6.07) is 38.5. The molecule has 4 aromatic rings. The maximum atomic E-state index is 14.7.